The number of amides is 1. The van der Waals surface area contributed by atoms with E-state index in [-0.39, 0.29) is 17.6 Å². The fourth-order valence-electron chi connectivity index (χ4n) is 3.38. The van der Waals surface area contributed by atoms with Gasteiger partial charge < -0.3 is 9.80 Å². The van der Waals surface area contributed by atoms with Gasteiger partial charge >= 0.3 is 0 Å². The molecule has 0 spiro atoms. The lowest BCUT2D eigenvalue weighted by molar-refractivity contribution is -0.136. The molecule has 1 aromatic heterocycles. The summed E-state index contributed by atoms with van der Waals surface area (Å²) in [6, 6.07) is 8.55. The van der Waals surface area contributed by atoms with E-state index in [9.17, 15) is 9.18 Å². The molecule has 1 saturated heterocycles. The van der Waals surface area contributed by atoms with E-state index >= 15 is 0 Å². The van der Waals surface area contributed by atoms with Crippen molar-refractivity contribution >= 4 is 39.3 Å². The zero-order chi connectivity index (χ0) is 19.4. The highest BCUT2D eigenvalue weighted by Crippen LogP contribution is 2.25. The standard InChI is InChI=1S/C20H22BrClFN3O/c1-2-25(13-15-11-16(21)3-5-18(15)23)20(27)14-7-9-26(10-8-14)19-6-4-17(22)12-24-19/h3-6,11-12,14H,2,7-10,13H2,1H3. The average molecular weight is 455 g/mol. The van der Waals surface area contributed by atoms with Gasteiger partial charge in [-0.05, 0) is 50.1 Å². The molecule has 2 heterocycles. The smallest absolute Gasteiger partial charge is 0.226 e. The third kappa shape index (κ3) is 4.99. The molecule has 27 heavy (non-hydrogen) atoms. The van der Waals surface area contributed by atoms with Crippen LogP contribution in [0.2, 0.25) is 5.02 Å². The van der Waals surface area contributed by atoms with E-state index < -0.39 is 0 Å². The number of benzene rings is 1. The number of halogens is 3. The summed E-state index contributed by atoms with van der Waals surface area (Å²) in [5, 5.41) is 0.613. The lowest BCUT2D eigenvalue weighted by atomic mass is 9.95. The number of hydrogen-bond donors (Lipinski definition) is 0. The number of hydrogen-bond acceptors (Lipinski definition) is 3. The first-order valence-corrected chi connectivity index (χ1v) is 10.2. The average Bonchev–Trinajstić information content (AvgIpc) is 2.69. The van der Waals surface area contributed by atoms with Crippen LogP contribution in [0, 0.1) is 11.7 Å². The molecule has 0 unspecified atom stereocenters. The van der Waals surface area contributed by atoms with E-state index in [1.54, 1.807) is 23.2 Å². The SMILES string of the molecule is CCN(Cc1cc(Br)ccc1F)C(=O)C1CCN(c2ccc(Cl)cn2)CC1. The van der Waals surface area contributed by atoms with Crippen molar-refractivity contribution in [1.29, 1.82) is 0 Å². The van der Waals surface area contributed by atoms with E-state index in [0.717, 1.165) is 36.2 Å². The maximum absolute atomic E-state index is 14.1. The Balaban J connectivity index is 1.61. The number of nitrogens with zero attached hydrogens (tertiary/aromatic N) is 3. The van der Waals surface area contributed by atoms with Crippen LogP contribution in [-0.2, 0) is 11.3 Å². The van der Waals surface area contributed by atoms with Crippen molar-refractivity contribution in [2.24, 2.45) is 5.92 Å². The molecule has 1 fully saturated rings. The fourth-order valence-corrected chi connectivity index (χ4v) is 3.90. The van der Waals surface area contributed by atoms with Crippen LogP contribution < -0.4 is 4.90 Å². The van der Waals surface area contributed by atoms with Gasteiger partial charge in [0.25, 0.3) is 0 Å². The van der Waals surface area contributed by atoms with Crippen LogP contribution in [0.15, 0.2) is 41.0 Å². The largest absolute Gasteiger partial charge is 0.357 e. The Morgan fingerprint density at radius 1 is 1.33 bits per heavy atom. The molecular formula is C20H22BrClFN3O. The van der Waals surface area contributed by atoms with Crippen LogP contribution in [-0.4, -0.2) is 35.4 Å². The van der Waals surface area contributed by atoms with E-state index in [0.29, 0.717) is 23.7 Å². The van der Waals surface area contributed by atoms with Gasteiger partial charge in [0.1, 0.15) is 11.6 Å². The zero-order valence-electron chi connectivity index (χ0n) is 15.2. The van der Waals surface area contributed by atoms with Crippen molar-refractivity contribution in [3.63, 3.8) is 0 Å². The van der Waals surface area contributed by atoms with Gasteiger partial charge in [0, 0.05) is 48.3 Å². The van der Waals surface area contributed by atoms with Crippen molar-refractivity contribution in [3.05, 3.63) is 57.4 Å². The minimum absolute atomic E-state index is 0.0382. The molecule has 0 saturated carbocycles. The third-order valence-electron chi connectivity index (χ3n) is 4.94. The molecule has 0 bridgehead atoms. The van der Waals surface area contributed by atoms with E-state index in [1.807, 2.05) is 19.1 Å². The Hall–Kier alpha value is -1.66. The van der Waals surface area contributed by atoms with Gasteiger partial charge in [0.15, 0.2) is 0 Å². The molecule has 144 valence electrons. The van der Waals surface area contributed by atoms with Gasteiger partial charge in [-0.2, -0.15) is 0 Å². The molecule has 0 radical (unpaired) electrons. The van der Waals surface area contributed by atoms with Crippen molar-refractivity contribution in [1.82, 2.24) is 9.88 Å². The number of carbonyl (C=O) groups excluding carboxylic acids is 1. The van der Waals surface area contributed by atoms with Crippen LogP contribution in [0.1, 0.15) is 25.3 Å². The van der Waals surface area contributed by atoms with E-state index in [1.165, 1.54) is 6.07 Å². The maximum atomic E-state index is 14.1. The molecule has 0 N–H and O–H groups in total. The van der Waals surface area contributed by atoms with Crippen LogP contribution in [0.5, 0.6) is 0 Å². The highest BCUT2D eigenvalue weighted by molar-refractivity contribution is 9.10. The Bertz CT molecular complexity index is 794. The second-order valence-electron chi connectivity index (χ2n) is 6.68. The molecule has 4 nitrogen and oxygen atoms in total. The van der Waals surface area contributed by atoms with Gasteiger partial charge in [-0.25, -0.2) is 9.37 Å². The Kier molecular flexibility index (Phi) is 6.71. The summed E-state index contributed by atoms with van der Waals surface area (Å²) in [5.41, 5.74) is 0.530. The highest BCUT2D eigenvalue weighted by Gasteiger charge is 2.29. The third-order valence-corrected chi connectivity index (χ3v) is 5.66. The number of anilines is 1. The van der Waals surface area contributed by atoms with Crippen LogP contribution >= 0.6 is 27.5 Å². The summed E-state index contributed by atoms with van der Waals surface area (Å²) in [6.45, 7) is 4.32. The Morgan fingerprint density at radius 3 is 2.70 bits per heavy atom. The highest BCUT2D eigenvalue weighted by atomic mass is 79.9. The quantitative estimate of drug-likeness (QED) is 0.644. The molecule has 0 atom stereocenters. The van der Waals surface area contributed by atoms with Gasteiger partial charge in [-0.3, -0.25) is 4.79 Å². The molecule has 1 amide bonds. The topological polar surface area (TPSA) is 36.4 Å². The molecule has 1 aliphatic heterocycles. The molecular weight excluding hydrogens is 433 g/mol. The summed E-state index contributed by atoms with van der Waals surface area (Å²) in [6.07, 6.45) is 3.17. The normalized spacial score (nSPS) is 15.0. The first-order valence-electron chi connectivity index (χ1n) is 9.07. The monoisotopic (exact) mass is 453 g/mol. The first-order chi connectivity index (χ1) is 13.0. The van der Waals surface area contributed by atoms with Gasteiger partial charge in [0.05, 0.1) is 5.02 Å². The van der Waals surface area contributed by atoms with Crippen LogP contribution in [0.4, 0.5) is 10.2 Å². The van der Waals surface area contributed by atoms with Crippen LogP contribution in [0.3, 0.4) is 0 Å². The van der Waals surface area contributed by atoms with Crippen molar-refractivity contribution < 1.29 is 9.18 Å². The van der Waals surface area contributed by atoms with Gasteiger partial charge in [-0.15, -0.1) is 0 Å². The summed E-state index contributed by atoms with van der Waals surface area (Å²) in [7, 11) is 0. The second-order valence-corrected chi connectivity index (χ2v) is 8.04. The Labute approximate surface area is 172 Å². The number of pyridine rings is 1. The molecule has 1 aromatic carbocycles. The van der Waals surface area contributed by atoms with Crippen molar-refractivity contribution in [2.45, 2.75) is 26.3 Å². The lowest BCUT2D eigenvalue weighted by Crippen LogP contribution is -2.42. The van der Waals surface area contributed by atoms with Crippen molar-refractivity contribution in [3.8, 4) is 0 Å². The van der Waals surface area contributed by atoms with Gasteiger partial charge in [-0.1, -0.05) is 27.5 Å². The number of piperidine rings is 1. The summed E-state index contributed by atoms with van der Waals surface area (Å²) >= 11 is 9.26. The zero-order valence-corrected chi connectivity index (χ0v) is 17.5. The van der Waals surface area contributed by atoms with E-state index in [4.69, 9.17) is 11.6 Å². The maximum Gasteiger partial charge on any atom is 0.226 e. The summed E-state index contributed by atoms with van der Waals surface area (Å²) in [4.78, 5) is 21.2. The summed E-state index contributed by atoms with van der Waals surface area (Å²) < 4.78 is 14.9. The molecule has 1 aliphatic rings. The lowest BCUT2D eigenvalue weighted by Gasteiger charge is -2.34. The fraction of sp³-hybridized carbons (Fsp3) is 0.400. The molecule has 3 rings (SSSR count). The number of rotatable bonds is 5. The predicted octanol–water partition coefficient (Wildman–Crippen LogP) is 4.90. The predicted molar refractivity (Wildman–Crippen MR) is 109 cm³/mol. The molecule has 2 aromatic rings. The molecule has 0 aliphatic carbocycles. The number of carbonyl (C=O) groups is 1. The summed E-state index contributed by atoms with van der Waals surface area (Å²) in [5.74, 6) is 0.659. The van der Waals surface area contributed by atoms with Crippen LogP contribution in [0.25, 0.3) is 0 Å². The van der Waals surface area contributed by atoms with Gasteiger partial charge in [0.2, 0.25) is 5.91 Å². The first kappa shape index (κ1) is 20.1. The molecule has 7 heteroatoms. The number of aromatic nitrogens is 1. The minimum Gasteiger partial charge on any atom is -0.357 e. The minimum atomic E-state index is -0.284. The van der Waals surface area contributed by atoms with E-state index in [2.05, 4.69) is 25.8 Å². The van der Waals surface area contributed by atoms with Crippen molar-refractivity contribution in [2.75, 3.05) is 24.5 Å². The Morgan fingerprint density at radius 2 is 2.07 bits per heavy atom. The second kappa shape index (κ2) is 9.02.